The van der Waals surface area contributed by atoms with Crippen molar-refractivity contribution in [1.82, 2.24) is 10.3 Å². The minimum atomic E-state index is -0.457. The molecular formula is C14H18N4O3. The lowest BCUT2D eigenvalue weighted by molar-refractivity contribution is -0.384. The van der Waals surface area contributed by atoms with E-state index in [0.29, 0.717) is 12.1 Å². The number of hydrogen-bond donors (Lipinski definition) is 1. The summed E-state index contributed by atoms with van der Waals surface area (Å²) < 4.78 is 0. The van der Waals surface area contributed by atoms with Gasteiger partial charge in [0.25, 0.3) is 11.6 Å². The van der Waals surface area contributed by atoms with Gasteiger partial charge in [0.15, 0.2) is 0 Å². The predicted octanol–water partition coefficient (Wildman–Crippen LogP) is 1.53. The Morgan fingerprint density at radius 2 is 1.95 bits per heavy atom. The monoisotopic (exact) mass is 290 g/mol. The molecular weight excluding hydrogens is 272 g/mol. The van der Waals surface area contributed by atoms with Crippen LogP contribution < -0.4 is 5.43 Å². The molecule has 7 nitrogen and oxygen atoms in total. The van der Waals surface area contributed by atoms with E-state index in [9.17, 15) is 14.9 Å². The van der Waals surface area contributed by atoms with Crippen molar-refractivity contribution >= 4 is 17.8 Å². The number of benzene rings is 1. The number of hydrazone groups is 1. The number of hydrogen-bond acceptors (Lipinski definition) is 5. The number of nitro groups is 1. The van der Waals surface area contributed by atoms with Crippen LogP contribution in [0.2, 0.25) is 0 Å². The SMILES string of the molecule is O=C(CN1CCCCC1)N/N=C/c1ccc([N+](=O)[O-])cc1. The Morgan fingerprint density at radius 1 is 1.29 bits per heavy atom. The molecule has 1 amide bonds. The lowest BCUT2D eigenvalue weighted by Crippen LogP contribution is -2.38. The summed E-state index contributed by atoms with van der Waals surface area (Å²) in [6.45, 7) is 2.27. The van der Waals surface area contributed by atoms with E-state index in [2.05, 4.69) is 15.4 Å². The molecule has 1 fully saturated rings. The maximum absolute atomic E-state index is 11.7. The van der Waals surface area contributed by atoms with Gasteiger partial charge in [-0.3, -0.25) is 19.8 Å². The Hall–Kier alpha value is -2.28. The molecule has 1 aliphatic heterocycles. The Morgan fingerprint density at radius 3 is 2.57 bits per heavy atom. The Kier molecular flexibility index (Phi) is 5.39. The van der Waals surface area contributed by atoms with Gasteiger partial charge in [-0.05, 0) is 43.6 Å². The summed E-state index contributed by atoms with van der Waals surface area (Å²) in [6.07, 6.45) is 4.98. The molecule has 0 aromatic heterocycles. The predicted molar refractivity (Wildman–Crippen MR) is 79.1 cm³/mol. The molecule has 1 heterocycles. The maximum Gasteiger partial charge on any atom is 0.269 e. The van der Waals surface area contributed by atoms with Gasteiger partial charge in [-0.1, -0.05) is 6.42 Å². The highest BCUT2D eigenvalue weighted by molar-refractivity contribution is 5.83. The summed E-state index contributed by atoms with van der Waals surface area (Å²) in [5.74, 6) is -0.143. The van der Waals surface area contributed by atoms with Crippen molar-refractivity contribution in [3.63, 3.8) is 0 Å². The van der Waals surface area contributed by atoms with Crippen molar-refractivity contribution in [1.29, 1.82) is 0 Å². The van der Waals surface area contributed by atoms with E-state index in [1.54, 1.807) is 12.1 Å². The molecule has 0 saturated carbocycles. The number of non-ortho nitro benzene ring substituents is 1. The first-order valence-electron chi connectivity index (χ1n) is 6.94. The number of amides is 1. The average molecular weight is 290 g/mol. The summed E-state index contributed by atoms with van der Waals surface area (Å²) >= 11 is 0. The third kappa shape index (κ3) is 4.96. The Bertz CT molecular complexity index is 522. The largest absolute Gasteiger partial charge is 0.294 e. The molecule has 0 unspecified atom stereocenters. The van der Waals surface area contributed by atoms with E-state index >= 15 is 0 Å². The first-order chi connectivity index (χ1) is 10.1. The lowest BCUT2D eigenvalue weighted by atomic mass is 10.1. The lowest BCUT2D eigenvalue weighted by Gasteiger charge is -2.25. The number of carbonyl (C=O) groups is 1. The second-order valence-electron chi connectivity index (χ2n) is 4.98. The van der Waals surface area contributed by atoms with Crippen LogP contribution in [0.3, 0.4) is 0 Å². The Labute approximate surface area is 122 Å². The highest BCUT2D eigenvalue weighted by Gasteiger charge is 2.13. The first-order valence-corrected chi connectivity index (χ1v) is 6.94. The van der Waals surface area contributed by atoms with Crippen LogP contribution >= 0.6 is 0 Å². The van der Waals surface area contributed by atoms with E-state index in [1.165, 1.54) is 24.8 Å². The molecule has 2 rings (SSSR count). The molecule has 0 spiro atoms. The summed E-state index contributed by atoms with van der Waals surface area (Å²) in [5, 5.41) is 14.4. The van der Waals surface area contributed by atoms with Gasteiger partial charge >= 0.3 is 0 Å². The van der Waals surface area contributed by atoms with E-state index < -0.39 is 4.92 Å². The van der Waals surface area contributed by atoms with Crippen molar-refractivity contribution in [2.45, 2.75) is 19.3 Å². The summed E-state index contributed by atoms with van der Waals surface area (Å²) in [6, 6.07) is 5.96. The fourth-order valence-corrected chi connectivity index (χ4v) is 2.22. The minimum Gasteiger partial charge on any atom is -0.294 e. The molecule has 21 heavy (non-hydrogen) atoms. The van der Waals surface area contributed by atoms with E-state index in [4.69, 9.17) is 0 Å². The molecule has 1 aliphatic rings. The van der Waals surface area contributed by atoms with Crippen LogP contribution in [0.5, 0.6) is 0 Å². The standard InChI is InChI=1S/C14H18N4O3/c19-14(11-17-8-2-1-3-9-17)16-15-10-12-4-6-13(7-5-12)18(20)21/h4-7,10H,1-3,8-9,11H2,(H,16,19)/b15-10+. The molecule has 0 aliphatic carbocycles. The molecule has 1 saturated heterocycles. The summed E-state index contributed by atoms with van der Waals surface area (Å²) in [4.78, 5) is 23.9. The van der Waals surface area contributed by atoms with Crippen molar-refractivity contribution < 1.29 is 9.72 Å². The van der Waals surface area contributed by atoms with Crippen molar-refractivity contribution in [3.05, 3.63) is 39.9 Å². The molecule has 7 heteroatoms. The van der Waals surface area contributed by atoms with Gasteiger partial charge in [0.1, 0.15) is 0 Å². The number of rotatable bonds is 5. The molecule has 0 radical (unpaired) electrons. The average Bonchev–Trinajstić information content (AvgIpc) is 2.49. The second-order valence-corrected chi connectivity index (χ2v) is 4.98. The van der Waals surface area contributed by atoms with Crippen LogP contribution in [-0.2, 0) is 4.79 Å². The van der Waals surface area contributed by atoms with Crippen LogP contribution in [0, 0.1) is 10.1 Å². The quantitative estimate of drug-likeness (QED) is 0.506. The first kappa shape index (κ1) is 15.1. The van der Waals surface area contributed by atoms with Crippen LogP contribution in [-0.4, -0.2) is 41.6 Å². The van der Waals surface area contributed by atoms with Crippen LogP contribution in [0.4, 0.5) is 5.69 Å². The maximum atomic E-state index is 11.7. The normalized spacial score (nSPS) is 16.0. The number of piperidine rings is 1. The summed E-state index contributed by atoms with van der Waals surface area (Å²) in [5.41, 5.74) is 3.19. The van der Waals surface area contributed by atoms with Crippen LogP contribution in [0.25, 0.3) is 0 Å². The smallest absolute Gasteiger partial charge is 0.269 e. The van der Waals surface area contributed by atoms with Crippen molar-refractivity contribution in [2.24, 2.45) is 5.10 Å². The van der Waals surface area contributed by atoms with Gasteiger partial charge in [0, 0.05) is 12.1 Å². The van der Waals surface area contributed by atoms with E-state index in [0.717, 1.165) is 25.9 Å². The number of likely N-dealkylation sites (tertiary alicyclic amines) is 1. The van der Waals surface area contributed by atoms with Crippen LogP contribution in [0.15, 0.2) is 29.4 Å². The topological polar surface area (TPSA) is 87.8 Å². The fourth-order valence-electron chi connectivity index (χ4n) is 2.22. The Balaban J connectivity index is 1.78. The van der Waals surface area contributed by atoms with Crippen molar-refractivity contribution in [3.8, 4) is 0 Å². The van der Waals surface area contributed by atoms with Gasteiger partial charge in [-0.2, -0.15) is 5.10 Å². The zero-order valence-electron chi connectivity index (χ0n) is 11.7. The number of carbonyl (C=O) groups excluding carboxylic acids is 1. The van der Waals surface area contributed by atoms with Gasteiger partial charge in [-0.15, -0.1) is 0 Å². The van der Waals surface area contributed by atoms with Crippen LogP contribution in [0.1, 0.15) is 24.8 Å². The van der Waals surface area contributed by atoms with Crippen molar-refractivity contribution in [2.75, 3.05) is 19.6 Å². The molecule has 1 N–H and O–H groups in total. The van der Waals surface area contributed by atoms with Gasteiger partial charge < -0.3 is 0 Å². The van der Waals surface area contributed by atoms with Gasteiger partial charge in [0.2, 0.25) is 0 Å². The highest BCUT2D eigenvalue weighted by Crippen LogP contribution is 2.10. The third-order valence-corrected chi connectivity index (χ3v) is 3.32. The zero-order valence-corrected chi connectivity index (χ0v) is 11.7. The number of nitrogens with one attached hydrogen (secondary N) is 1. The molecule has 1 aromatic rings. The highest BCUT2D eigenvalue weighted by atomic mass is 16.6. The van der Waals surface area contributed by atoms with E-state index in [-0.39, 0.29) is 11.6 Å². The molecule has 1 aromatic carbocycles. The van der Waals surface area contributed by atoms with E-state index in [1.807, 2.05) is 0 Å². The molecule has 112 valence electrons. The second kappa shape index (κ2) is 7.49. The zero-order chi connectivity index (χ0) is 15.1. The number of nitro benzene ring substituents is 1. The minimum absolute atomic E-state index is 0.0290. The third-order valence-electron chi connectivity index (χ3n) is 3.32. The molecule has 0 bridgehead atoms. The summed E-state index contributed by atoms with van der Waals surface area (Å²) in [7, 11) is 0. The molecule has 0 atom stereocenters. The fraction of sp³-hybridized carbons (Fsp3) is 0.429. The van der Waals surface area contributed by atoms with Gasteiger partial charge in [0.05, 0.1) is 17.7 Å². The van der Waals surface area contributed by atoms with Gasteiger partial charge in [-0.25, -0.2) is 5.43 Å². The number of nitrogens with zero attached hydrogens (tertiary/aromatic N) is 3.